The average Bonchev–Trinajstić information content (AvgIpc) is 2.12. The normalized spacial score (nSPS) is 8.14. The van der Waals surface area contributed by atoms with Gasteiger partial charge in [0.2, 0.25) is 0 Å². The van der Waals surface area contributed by atoms with Gasteiger partial charge in [-0.3, -0.25) is 0 Å². The lowest BCUT2D eigenvalue weighted by Crippen LogP contribution is -2.39. The Kier molecular flexibility index (Phi) is 12.2. The van der Waals surface area contributed by atoms with Gasteiger partial charge in [-0.05, 0) is 0 Å². The number of aliphatic hydroxyl groups is 1. The Bertz CT molecular complexity index is 146. The molecule has 84 valence electrons. The third-order valence-corrected chi connectivity index (χ3v) is 0.853. The molecule has 0 aliphatic rings. The monoisotopic (exact) mass is 207 g/mol. The van der Waals surface area contributed by atoms with E-state index in [4.69, 9.17) is 22.3 Å². The van der Waals surface area contributed by atoms with Crippen LogP contribution in [0.15, 0.2) is 0 Å². The van der Waals surface area contributed by atoms with E-state index in [1.54, 1.807) is 0 Å². The van der Waals surface area contributed by atoms with Gasteiger partial charge in [0.15, 0.2) is 0 Å². The molecular formula is C6H17N5O3. The molecule has 0 heterocycles. The van der Waals surface area contributed by atoms with Gasteiger partial charge in [0.1, 0.15) is 0 Å². The quantitative estimate of drug-likeness (QED) is 0.276. The average molecular weight is 207 g/mol. The van der Waals surface area contributed by atoms with Crippen molar-refractivity contribution >= 4 is 12.1 Å². The summed E-state index contributed by atoms with van der Waals surface area (Å²) in [5.41, 5.74) is 14.2. The minimum absolute atomic E-state index is 0.0972. The van der Waals surface area contributed by atoms with Gasteiger partial charge in [-0.2, -0.15) is 0 Å². The first-order chi connectivity index (χ1) is 6.54. The molecule has 0 unspecified atom stereocenters. The molecule has 0 aliphatic heterocycles. The van der Waals surface area contributed by atoms with Crippen molar-refractivity contribution in [2.45, 2.75) is 0 Å². The molecule has 14 heavy (non-hydrogen) atoms. The predicted octanol–water partition coefficient (Wildman–Crippen LogP) is -2.74. The number of nitrogens with one attached hydrogen (secondary N) is 2. The van der Waals surface area contributed by atoms with E-state index in [1.807, 2.05) is 0 Å². The highest BCUT2D eigenvalue weighted by Crippen LogP contribution is 1.58. The molecule has 0 aromatic heterocycles. The first-order valence-corrected chi connectivity index (χ1v) is 3.92. The Hall–Kier alpha value is -1.54. The number of aliphatic hydroxyl groups excluding tert-OH is 1. The number of carbonyl (C=O) groups excluding carboxylic acids is 2. The van der Waals surface area contributed by atoms with Gasteiger partial charge in [-0.1, -0.05) is 0 Å². The summed E-state index contributed by atoms with van der Waals surface area (Å²) in [6.07, 6.45) is 0. The molecule has 4 amide bonds. The van der Waals surface area contributed by atoms with E-state index in [2.05, 4.69) is 10.6 Å². The first-order valence-electron chi connectivity index (χ1n) is 3.92. The minimum atomic E-state index is -0.619. The molecule has 0 aromatic carbocycles. The van der Waals surface area contributed by atoms with Crippen LogP contribution >= 0.6 is 0 Å². The summed E-state index contributed by atoms with van der Waals surface area (Å²) < 4.78 is 0. The molecule has 0 rings (SSSR count). The molecule has 0 spiro atoms. The van der Waals surface area contributed by atoms with Crippen LogP contribution in [0.25, 0.3) is 0 Å². The molecule has 0 fully saturated rings. The first kappa shape index (κ1) is 15.0. The van der Waals surface area contributed by atoms with E-state index in [9.17, 15) is 9.59 Å². The molecule has 0 bridgehead atoms. The third-order valence-electron chi connectivity index (χ3n) is 0.853. The van der Waals surface area contributed by atoms with Gasteiger partial charge < -0.3 is 32.9 Å². The number of rotatable bonds is 4. The number of hydrogen-bond donors (Lipinski definition) is 6. The molecule has 0 saturated heterocycles. The van der Waals surface area contributed by atoms with Crippen LogP contribution in [0, 0.1) is 0 Å². The maximum absolute atomic E-state index is 10.0. The fourth-order valence-corrected chi connectivity index (χ4v) is 0.371. The summed E-state index contributed by atoms with van der Waals surface area (Å²) in [5, 5.41) is 12.3. The molecule has 8 nitrogen and oxygen atoms in total. The number of nitrogens with two attached hydrogens (primary N) is 3. The van der Waals surface area contributed by atoms with Crippen molar-refractivity contribution in [3.8, 4) is 0 Å². The maximum Gasteiger partial charge on any atom is 0.312 e. The summed E-state index contributed by atoms with van der Waals surface area (Å²) in [4.78, 5) is 20.0. The standard InChI is InChI=1S/C4H10N4O2.C2H7NO/c5-3(9)7-1-2-8-4(6)10;3-1-2-4/h1-2H2,(H3,5,7,9)(H3,6,8,10);4H,1-3H2. The number of primary amides is 2. The Morgan fingerprint density at radius 2 is 1.36 bits per heavy atom. The topological polar surface area (TPSA) is 156 Å². The Morgan fingerprint density at radius 1 is 1.07 bits per heavy atom. The lowest BCUT2D eigenvalue weighted by molar-refractivity contribution is 0.245. The van der Waals surface area contributed by atoms with Gasteiger partial charge in [0, 0.05) is 19.6 Å². The van der Waals surface area contributed by atoms with Gasteiger partial charge in [0.05, 0.1) is 6.61 Å². The van der Waals surface area contributed by atoms with E-state index in [0.29, 0.717) is 6.54 Å². The van der Waals surface area contributed by atoms with E-state index >= 15 is 0 Å². The molecule has 0 aliphatic carbocycles. The Balaban J connectivity index is 0. The van der Waals surface area contributed by atoms with Gasteiger partial charge in [-0.25, -0.2) is 9.59 Å². The fraction of sp³-hybridized carbons (Fsp3) is 0.667. The summed E-state index contributed by atoms with van der Waals surface area (Å²) in [6, 6.07) is -1.24. The van der Waals surface area contributed by atoms with Crippen LogP contribution in [0.3, 0.4) is 0 Å². The second-order valence-corrected chi connectivity index (χ2v) is 2.09. The molecule has 0 aromatic rings. The summed E-state index contributed by atoms with van der Waals surface area (Å²) in [5.74, 6) is 0. The van der Waals surface area contributed by atoms with Crippen molar-refractivity contribution in [3.63, 3.8) is 0 Å². The smallest absolute Gasteiger partial charge is 0.312 e. The number of amides is 4. The highest BCUT2D eigenvalue weighted by Gasteiger charge is 1.91. The highest BCUT2D eigenvalue weighted by molar-refractivity contribution is 5.72. The van der Waals surface area contributed by atoms with Crippen molar-refractivity contribution in [1.29, 1.82) is 0 Å². The third kappa shape index (κ3) is 22.4. The summed E-state index contributed by atoms with van der Waals surface area (Å²) in [7, 11) is 0. The van der Waals surface area contributed by atoms with E-state index in [1.165, 1.54) is 0 Å². The molecule has 9 N–H and O–H groups in total. The van der Waals surface area contributed by atoms with Gasteiger partial charge >= 0.3 is 12.1 Å². The van der Waals surface area contributed by atoms with Crippen LogP contribution in [-0.2, 0) is 0 Å². The zero-order valence-electron chi connectivity index (χ0n) is 7.82. The number of hydrogen-bond acceptors (Lipinski definition) is 4. The predicted molar refractivity (Wildman–Crippen MR) is 51.3 cm³/mol. The second-order valence-electron chi connectivity index (χ2n) is 2.09. The summed E-state index contributed by atoms with van der Waals surface area (Å²) >= 11 is 0. The van der Waals surface area contributed by atoms with Crippen molar-refractivity contribution in [2.24, 2.45) is 17.2 Å². The lowest BCUT2D eigenvalue weighted by Gasteiger charge is -2.00. The fourth-order valence-electron chi connectivity index (χ4n) is 0.371. The number of urea groups is 2. The van der Waals surface area contributed by atoms with E-state index in [-0.39, 0.29) is 19.7 Å². The largest absolute Gasteiger partial charge is 0.395 e. The van der Waals surface area contributed by atoms with Crippen LogP contribution in [0.4, 0.5) is 9.59 Å². The van der Waals surface area contributed by atoms with Crippen LogP contribution in [0.2, 0.25) is 0 Å². The Labute approximate surface area is 81.8 Å². The number of carbonyl (C=O) groups is 2. The Morgan fingerprint density at radius 3 is 1.50 bits per heavy atom. The lowest BCUT2D eigenvalue weighted by atomic mass is 10.6. The van der Waals surface area contributed by atoms with Crippen LogP contribution in [0.1, 0.15) is 0 Å². The van der Waals surface area contributed by atoms with Crippen LogP contribution in [0.5, 0.6) is 0 Å². The van der Waals surface area contributed by atoms with Crippen molar-refractivity contribution in [1.82, 2.24) is 10.6 Å². The zero-order valence-corrected chi connectivity index (χ0v) is 7.82. The second kappa shape index (κ2) is 11.5. The van der Waals surface area contributed by atoms with Crippen molar-refractivity contribution in [2.75, 3.05) is 26.2 Å². The summed E-state index contributed by atoms with van der Waals surface area (Å²) in [6.45, 7) is 1.05. The van der Waals surface area contributed by atoms with Crippen LogP contribution < -0.4 is 27.8 Å². The van der Waals surface area contributed by atoms with Crippen molar-refractivity contribution < 1.29 is 14.7 Å². The maximum atomic E-state index is 10.0. The van der Waals surface area contributed by atoms with Crippen LogP contribution in [-0.4, -0.2) is 43.4 Å². The van der Waals surface area contributed by atoms with E-state index in [0.717, 1.165) is 0 Å². The highest BCUT2D eigenvalue weighted by atomic mass is 16.3. The SMILES string of the molecule is NC(=O)NCCNC(N)=O.NCCO. The molecule has 0 radical (unpaired) electrons. The molecule has 8 heteroatoms. The van der Waals surface area contributed by atoms with Crippen molar-refractivity contribution in [3.05, 3.63) is 0 Å². The van der Waals surface area contributed by atoms with Gasteiger partial charge in [-0.15, -0.1) is 0 Å². The molecular weight excluding hydrogens is 190 g/mol. The molecule has 0 atom stereocenters. The van der Waals surface area contributed by atoms with E-state index < -0.39 is 12.1 Å². The molecule has 0 saturated carbocycles. The minimum Gasteiger partial charge on any atom is -0.395 e. The van der Waals surface area contributed by atoms with Gasteiger partial charge in [0.25, 0.3) is 0 Å². The zero-order chi connectivity index (χ0) is 11.4.